The summed E-state index contributed by atoms with van der Waals surface area (Å²) in [7, 11) is 0. The predicted octanol–water partition coefficient (Wildman–Crippen LogP) is 1.51. The molecule has 134 valence electrons. The number of amides is 3. The Hall–Kier alpha value is -2.62. The Kier molecular flexibility index (Phi) is 5.97. The maximum Gasteiger partial charge on any atom is 0.321 e. The first-order valence-corrected chi connectivity index (χ1v) is 8.40. The zero-order chi connectivity index (χ0) is 18.6. The maximum absolute atomic E-state index is 13.0. The molecule has 0 radical (unpaired) electrons. The monoisotopic (exact) mass is 366 g/mol. The molecule has 0 saturated carbocycles. The lowest BCUT2D eigenvalue weighted by Crippen LogP contribution is -2.45. The van der Waals surface area contributed by atoms with Crippen LogP contribution in [-0.4, -0.2) is 38.1 Å². The number of imide groups is 1. The van der Waals surface area contributed by atoms with Crippen LogP contribution in [0.25, 0.3) is 11.4 Å². The molecule has 1 aromatic heterocycles. The van der Waals surface area contributed by atoms with Crippen LogP contribution < -0.4 is 16.5 Å². The second-order valence-electron chi connectivity index (χ2n) is 5.56. The van der Waals surface area contributed by atoms with Crippen molar-refractivity contribution in [1.82, 2.24) is 25.5 Å². The summed E-state index contributed by atoms with van der Waals surface area (Å²) in [6.07, 6.45) is 0. The standard InChI is InChI=1S/C15H19FN6O2S/c1-8(2)18-14(24)19-13(23)9(3)25-15-21-20-12(22(15)17)10-4-6-11(16)7-5-10/h4-9H,17H2,1-3H3,(H2,18,19,23,24)/t9-/m0/s1. The van der Waals surface area contributed by atoms with Crippen LogP contribution >= 0.6 is 11.8 Å². The zero-order valence-corrected chi connectivity index (χ0v) is 14.8. The van der Waals surface area contributed by atoms with Crippen molar-refractivity contribution in [2.24, 2.45) is 0 Å². The fourth-order valence-electron chi connectivity index (χ4n) is 1.88. The Labute approximate surface area is 148 Å². The van der Waals surface area contributed by atoms with Crippen molar-refractivity contribution in [1.29, 1.82) is 0 Å². The maximum atomic E-state index is 13.0. The number of rotatable bonds is 5. The van der Waals surface area contributed by atoms with Gasteiger partial charge in [0.25, 0.3) is 0 Å². The minimum atomic E-state index is -0.620. The molecule has 0 spiro atoms. The normalized spacial score (nSPS) is 12.0. The molecule has 0 aliphatic carbocycles. The topological polar surface area (TPSA) is 115 Å². The highest BCUT2D eigenvalue weighted by Gasteiger charge is 2.21. The van der Waals surface area contributed by atoms with Crippen LogP contribution in [0.2, 0.25) is 0 Å². The van der Waals surface area contributed by atoms with Gasteiger partial charge in [0, 0.05) is 11.6 Å². The molecule has 0 fully saturated rings. The molecule has 0 aliphatic rings. The van der Waals surface area contributed by atoms with Crippen LogP contribution in [0.5, 0.6) is 0 Å². The lowest BCUT2D eigenvalue weighted by atomic mass is 10.2. The molecule has 10 heteroatoms. The minimum absolute atomic E-state index is 0.0823. The highest BCUT2D eigenvalue weighted by Crippen LogP contribution is 2.24. The first kappa shape index (κ1) is 18.7. The van der Waals surface area contributed by atoms with E-state index in [1.807, 2.05) is 0 Å². The van der Waals surface area contributed by atoms with Gasteiger partial charge in [0.1, 0.15) is 5.82 Å². The van der Waals surface area contributed by atoms with Gasteiger partial charge < -0.3 is 11.2 Å². The summed E-state index contributed by atoms with van der Waals surface area (Å²) in [6.45, 7) is 5.20. The van der Waals surface area contributed by atoms with E-state index in [1.165, 1.54) is 28.9 Å². The molecule has 2 aromatic rings. The number of benzene rings is 1. The number of nitrogens with two attached hydrogens (primary N) is 1. The van der Waals surface area contributed by atoms with Gasteiger partial charge in [-0.25, -0.2) is 13.9 Å². The van der Waals surface area contributed by atoms with E-state index < -0.39 is 17.2 Å². The van der Waals surface area contributed by atoms with Crippen molar-refractivity contribution in [3.05, 3.63) is 30.1 Å². The Morgan fingerprint density at radius 2 is 1.84 bits per heavy atom. The molecular formula is C15H19FN6O2S. The summed E-state index contributed by atoms with van der Waals surface area (Å²) in [4.78, 5) is 23.6. The Balaban J connectivity index is 2.04. The number of urea groups is 1. The molecular weight excluding hydrogens is 347 g/mol. The number of halogens is 1. The molecule has 1 heterocycles. The summed E-state index contributed by atoms with van der Waals surface area (Å²) in [6, 6.07) is 5.00. The molecule has 0 bridgehead atoms. The van der Waals surface area contributed by atoms with Crippen molar-refractivity contribution in [3.8, 4) is 11.4 Å². The van der Waals surface area contributed by atoms with Crippen molar-refractivity contribution >= 4 is 23.7 Å². The third kappa shape index (κ3) is 4.92. The van der Waals surface area contributed by atoms with E-state index in [1.54, 1.807) is 20.8 Å². The van der Waals surface area contributed by atoms with Gasteiger partial charge in [-0.2, -0.15) is 0 Å². The summed E-state index contributed by atoms with van der Waals surface area (Å²) < 4.78 is 14.2. The highest BCUT2D eigenvalue weighted by atomic mass is 32.2. The highest BCUT2D eigenvalue weighted by molar-refractivity contribution is 8.00. The summed E-state index contributed by atoms with van der Waals surface area (Å²) in [5.41, 5.74) is 0.594. The van der Waals surface area contributed by atoms with E-state index in [9.17, 15) is 14.0 Å². The third-order valence-corrected chi connectivity index (χ3v) is 4.13. The van der Waals surface area contributed by atoms with E-state index in [2.05, 4.69) is 20.8 Å². The van der Waals surface area contributed by atoms with E-state index in [0.29, 0.717) is 16.5 Å². The molecule has 8 nitrogen and oxygen atoms in total. The van der Waals surface area contributed by atoms with Gasteiger partial charge in [0.15, 0.2) is 5.82 Å². The van der Waals surface area contributed by atoms with Crippen LogP contribution in [0.1, 0.15) is 20.8 Å². The summed E-state index contributed by atoms with van der Waals surface area (Å²) in [5.74, 6) is 5.45. The van der Waals surface area contributed by atoms with Crippen LogP contribution in [0.3, 0.4) is 0 Å². The molecule has 1 atom stereocenters. The Morgan fingerprint density at radius 3 is 2.44 bits per heavy atom. The second-order valence-corrected chi connectivity index (χ2v) is 6.87. The van der Waals surface area contributed by atoms with Crippen molar-refractivity contribution in [3.63, 3.8) is 0 Å². The van der Waals surface area contributed by atoms with Gasteiger partial charge >= 0.3 is 6.03 Å². The quantitative estimate of drug-likeness (QED) is 0.546. The molecule has 0 unspecified atom stereocenters. The molecule has 3 amide bonds. The fraction of sp³-hybridized carbons (Fsp3) is 0.333. The molecule has 0 saturated heterocycles. The fourth-order valence-corrected chi connectivity index (χ4v) is 2.65. The van der Waals surface area contributed by atoms with Gasteiger partial charge in [-0.1, -0.05) is 11.8 Å². The van der Waals surface area contributed by atoms with Crippen molar-refractivity contribution < 1.29 is 14.0 Å². The Bertz CT molecular complexity index is 762. The number of carbonyl (C=O) groups excluding carboxylic acids is 2. The Morgan fingerprint density at radius 1 is 1.20 bits per heavy atom. The van der Waals surface area contributed by atoms with E-state index in [4.69, 9.17) is 5.84 Å². The van der Waals surface area contributed by atoms with Crippen molar-refractivity contribution in [2.75, 3.05) is 5.84 Å². The average molecular weight is 366 g/mol. The first-order valence-electron chi connectivity index (χ1n) is 7.52. The van der Waals surface area contributed by atoms with E-state index in [-0.39, 0.29) is 11.9 Å². The van der Waals surface area contributed by atoms with Crippen LogP contribution in [0, 0.1) is 5.82 Å². The molecule has 2 rings (SSSR count). The number of carbonyl (C=O) groups is 2. The first-order chi connectivity index (χ1) is 11.8. The molecule has 4 N–H and O–H groups in total. The average Bonchev–Trinajstić information content (AvgIpc) is 2.88. The molecule has 25 heavy (non-hydrogen) atoms. The predicted molar refractivity (Wildman–Crippen MR) is 92.7 cm³/mol. The van der Waals surface area contributed by atoms with Crippen LogP contribution in [0.4, 0.5) is 9.18 Å². The smallest absolute Gasteiger partial charge is 0.321 e. The van der Waals surface area contributed by atoms with Crippen molar-refractivity contribution in [2.45, 2.75) is 37.2 Å². The number of hydrogen-bond acceptors (Lipinski definition) is 6. The summed E-state index contributed by atoms with van der Waals surface area (Å²) >= 11 is 1.06. The SMILES string of the molecule is CC(C)NC(=O)NC(=O)[C@H](C)Sc1nnc(-c2ccc(F)cc2)n1N. The third-order valence-electron chi connectivity index (χ3n) is 3.07. The van der Waals surface area contributed by atoms with Gasteiger partial charge in [0.05, 0.1) is 5.25 Å². The number of nitrogens with zero attached hydrogens (tertiary/aromatic N) is 3. The molecule has 1 aromatic carbocycles. The van der Waals surface area contributed by atoms with Gasteiger partial charge in [-0.15, -0.1) is 10.2 Å². The number of nitrogen functional groups attached to an aromatic ring is 1. The summed E-state index contributed by atoms with van der Waals surface area (Å²) in [5, 5.41) is 12.4. The second kappa shape index (κ2) is 7.97. The number of aromatic nitrogens is 3. The number of hydrogen-bond donors (Lipinski definition) is 3. The lowest BCUT2D eigenvalue weighted by molar-refractivity contribution is -0.119. The van der Waals surface area contributed by atoms with Crippen LogP contribution in [0.15, 0.2) is 29.4 Å². The zero-order valence-electron chi connectivity index (χ0n) is 14.0. The van der Waals surface area contributed by atoms with Crippen LogP contribution in [-0.2, 0) is 4.79 Å². The number of thioether (sulfide) groups is 1. The van der Waals surface area contributed by atoms with Gasteiger partial charge in [0.2, 0.25) is 11.1 Å². The van der Waals surface area contributed by atoms with Gasteiger partial charge in [-0.3, -0.25) is 10.1 Å². The minimum Gasteiger partial charge on any atom is -0.336 e. The van der Waals surface area contributed by atoms with E-state index >= 15 is 0 Å². The van der Waals surface area contributed by atoms with E-state index in [0.717, 1.165) is 11.8 Å². The lowest BCUT2D eigenvalue weighted by Gasteiger charge is -2.12. The number of nitrogens with one attached hydrogen (secondary N) is 2. The largest absolute Gasteiger partial charge is 0.336 e. The van der Waals surface area contributed by atoms with Gasteiger partial charge in [-0.05, 0) is 45.0 Å². The molecule has 0 aliphatic heterocycles.